The Morgan fingerprint density at radius 2 is 2.30 bits per heavy atom. The summed E-state index contributed by atoms with van der Waals surface area (Å²) < 4.78 is 1.64. The van der Waals surface area contributed by atoms with Crippen LogP contribution in [0.15, 0.2) is 6.20 Å². The molecule has 0 saturated heterocycles. The highest BCUT2D eigenvalue weighted by Crippen LogP contribution is 2.03. The van der Waals surface area contributed by atoms with Crippen LogP contribution in [0.2, 0.25) is 0 Å². The summed E-state index contributed by atoms with van der Waals surface area (Å²) in [5.41, 5.74) is 1.51. The summed E-state index contributed by atoms with van der Waals surface area (Å²) >= 11 is 0. The fourth-order valence-corrected chi connectivity index (χ4v) is 0.955. The third-order valence-corrected chi connectivity index (χ3v) is 1.35. The Morgan fingerprint density at radius 3 is 2.50 bits per heavy atom. The van der Waals surface area contributed by atoms with Crippen LogP contribution in [-0.4, -0.2) is 15.6 Å². The van der Waals surface area contributed by atoms with Gasteiger partial charge in [0.05, 0.1) is 0 Å². The van der Waals surface area contributed by atoms with Gasteiger partial charge in [0, 0.05) is 20.2 Å². The molecule has 0 atom stereocenters. The Hall–Kier alpha value is -1.12. The first-order chi connectivity index (χ1) is 4.61. The molecule has 0 aliphatic heterocycles. The Morgan fingerprint density at radius 1 is 1.70 bits per heavy atom. The molecule has 1 aromatic heterocycles. The standard InChI is InChI=1S/C7H10N2O/c1-5-4-9(3)8-7(5)6(2)10/h4H,1-3H3. The van der Waals surface area contributed by atoms with Gasteiger partial charge in [-0.15, -0.1) is 0 Å². The van der Waals surface area contributed by atoms with Crippen LogP contribution >= 0.6 is 0 Å². The number of hydrogen-bond acceptors (Lipinski definition) is 2. The molecule has 10 heavy (non-hydrogen) atoms. The molecule has 3 nitrogen and oxygen atoms in total. The van der Waals surface area contributed by atoms with Gasteiger partial charge in [0.15, 0.2) is 5.78 Å². The van der Waals surface area contributed by atoms with Crippen molar-refractivity contribution in [2.45, 2.75) is 13.8 Å². The minimum Gasteiger partial charge on any atom is -0.293 e. The van der Waals surface area contributed by atoms with Gasteiger partial charge in [-0.1, -0.05) is 0 Å². The number of rotatable bonds is 1. The van der Waals surface area contributed by atoms with E-state index in [4.69, 9.17) is 0 Å². The summed E-state index contributed by atoms with van der Waals surface area (Å²) in [4.78, 5) is 10.8. The first kappa shape index (κ1) is 6.99. The van der Waals surface area contributed by atoms with E-state index in [0.29, 0.717) is 5.69 Å². The lowest BCUT2D eigenvalue weighted by atomic mass is 10.2. The SMILES string of the molecule is CC(=O)c1nn(C)cc1C. The van der Waals surface area contributed by atoms with Crippen molar-refractivity contribution in [2.24, 2.45) is 7.05 Å². The third kappa shape index (κ3) is 1.07. The highest BCUT2D eigenvalue weighted by atomic mass is 16.1. The number of carbonyl (C=O) groups is 1. The van der Waals surface area contributed by atoms with Gasteiger partial charge in [-0.25, -0.2) is 0 Å². The number of Topliss-reactive ketones (excluding diaryl/α,β-unsaturated/α-hetero) is 1. The normalized spacial score (nSPS) is 9.90. The Bertz CT molecular complexity index is 263. The second kappa shape index (κ2) is 2.25. The summed E-state index contributed by atoms with van der Waals surface area (Å²) in [5, 5.41) is 3.98. The number of nitrogens with zero attached hydrogens (tertiary/aromatic N) is 2. The van der Waals surface area contributed by atoms with E-state index in [0.717, 1.165) is 5.56 Å². The maximum Gasteiger partial charge on any atom is 0.180 e. The summed E-state index contributed by atoms with van der Waals surface area (Å²) in [5.74, 6) is 0.0260. The molecule has 0 fully saturated rings. The average molecular weight is 138 g/mol. The van der Waals surface area contributed by atoms with Gasteiger partial charge in [0.2, 0.25) is 0 Å². The van der Waals surface area contributed by atoms with Crippen molar-refractivity contribution >= 4 is 5.78 Å². The van der Waals surface area contributed by atoms with Gasteiger partial charge >= 0.3 is 0 Å². The quantitative estimate of drug-likeness (QED) is 0.541. The smallest absolute Gasteiger partial charge is 0.180 e. The van der Waals surface area contributed by atoms with Gasteiger partial charge < -0.3 is 0 Å². The van der Waals surface area contributed by atoms with E-state index in [1.807, 2.05) is 13.1 Å². The highest BCUT2D eigenvalue weighted by molar-refractivity contribution is 5.93. The third-order valence-electron chi connectivity index (χ3n) is 1.35. The van der Waals surface area contributed by atoms with Crippen LogP contribution in [-0.2, 0) is 7.05 Å². The predicted octanol–water partition coefficient (Wildman–Crippen LogP) is 0.931. The maximum absolute atomic E-state index is 10.8. The lowest BCUT2D eigenvalue weighted by Gasteiger charge is -1.86. The second-order valence-corrected chi connectivity index (χ2v) is 2.39. The lowest BCUT2D eigenvalue weighted by molar-refractivity contribution is 0.101. The van der Waals surface area contributed by atoms with E-state index in [-0.39, 0.29) is 5.78 Å². The molecular weight excluding hydrogens is 128 g/mol. The zero-order valence-corrected chi connectivity index (χ0v) is 6.38. The van der Waals surface area contributed by atoms with Crippen molar-refractivity contribution in [1.29, 1.82) is 0 Å². The van der Waals surface area contributed by atoms with E-state index in [2.05, 4.69) is 5.10 Å². The van der Waals surface area contributed by atoms with Crippen LogP contribution in [0.4, 0.5) is 0 Å². The average Bonchev–Trinajstić information content (AvgIpc) is 2.10. The minimum absolute atomic E-state index is 0.0260. The number of aryl methyl sites for hydroxylation is 2. The van der Waals surface area contributed by atoms with Crippen LogP contribution in [0.5, 0.6) is 0 Å². The summed E-state index contributed by atoms with van der Waals surface area (Å²) in [6, 6.07) is 0. The molecule has 0 bridgehead atoms. The fourth-order valence-electron chi connectivity index (χ4n) is 0.955. The van der Waals surface area contributed by atoms with Crippen molar-refractivity contribution in [3.63, 3.8) is 0 Å². The number of ketones is 1. The molecule has 1 rings (SSSR count). The summed E-state index contributed by atoms with van der Waals surface area (Å²) in [6.45, 7) is 3.40. The lowest BCUT2D eigenvalue weighted by Crippen LogP contribution is -1.96. The molecule has 54 valence electrons. The van der Waals surface area contributed by atoms with Gasteiger partial charge in [0.1, 0.15) is 5.69 Å². The minimum atomic E-state index is 0.0260. The van der Waals surface area contributed by atoms with Crippen LogP contribution < -0.4 is 0 Å². The maximum atomic E-state index is 10.8. The largest absolute Gasteiger partial charge is 0.293 e. The molecule has 0 aromatic carbocycles. The zero-order chi connectivity index (χ0) is 7.72. The van der Waals surface area contributed by atoms with E-state index >= 15 is 0 Å². The molecular formula is C7H10N2O. The van der Waals surface area contributed by atoms with Crippen LogP contribution in [0, 0.1) is 6.92 Å². The summed E-state index contributed by atoms with van der Waals surface area (Å²) in [6.07, 6.45) is 1.83. The first-order valence-electron chi connectivity index (χ1n) is 3.12. The van der Waals surface area contributed by atoms with E-state index in [1.165, 1.54) is 6.92 Å². The highest BCUT2D eigenvalue weighted by Gasteiger charge is 2.06. The Labute approximate surface area is 59.7 Å². The molecule has 0 N–H and O–H groups in total. The predicted molar refractivity (Wildman–Crippen MR) is 37.9 cm³/mol. The van der Waals surface area contributed by atoms with Crippen molar-refractivity contribution in [1.82, 2.24) is 9.78 Å². The molecule has 1 heterocycles. The number of carbonyl (C=O) groups excluding carboxylic acids is 1. The van der Waals surface area contributed by atoms with E-state index in [9.17, 15) is 4.79 Å². The van der Waals surface area contributed by atoms with E-state index in [1.54, 1.807) is 11.7 Å². The van der Waals surface area contributed by atoms with Gasteiger partial charge in [-0.3, -0.25) is 9.48 Å². The van der Waals surface area contributed by atoms with Crippen LogP contribution in [0.1, 0.15) is 23.0 Å². The van der Waals surface area contributed by atoms with Gasteiger partial charge in [-0.2, -0.15) is 5.10 Å². The van der Waals surface area contributed by atoms with Crippen molar-refractivity contribution in [3.8, 4) is 0 Å². The summed E-state index contributed by atoms with van der Waals surface area (Å²) in [7, 11) is 1.80. The molecule has 0 unspecified atom stereocenters. The molecule has 3 heteroatoms. The Kier molecular flexibility index (Phi) is 1.57. The van der Waals surface area contributed by atoms with Gasteiger partial charge in [-0.05, 0) is 12.5 Å². The van der Waals surface area contributed by atoms with Crippen molar-refractivity contribution < 1.29 is 4.79 Å². The second-order valence-electron chi connectivity index (χ2n) is 2.39. The van der Waals surface area contributed by atoms with Crippen molar-refractivity contribution in [2.75, 3.05) is 0 Å². The molecule has 0 radical (unpaired) electrons. The molecule has 0 saturated carbocycles. The van der Waals surface area contributed by atoms with Crippen molar-refractivity contribution in [3.05, 3.63) is 17.5 Å². The monoisotopic (exact) mass is 138 g/mol. The van der Waals surface area contributed by atoms with Crippen LogP contribution in [0.3, 0.4) is 0 Å². The number of hydrogen-bond donors (Lipinski definition) is 0. The first-order valence-corrected chi connectivity index (χ1v) is 3.12. The van der Waals surface area contributed by atoms with Crippen LogP contribution in [0.25, 0.3) is 0 Å². The number of aromatic nitrogens is 2. The molecule has 1 aromatic rings. The Balaban J connectivity index is 3.15. The molecule has 0 aliphatic rings. The van der Waals surface area contributed by atoms with Gasteiger partial charge in [0.25, 0.3) is 0 Å². The fraction of sp³-hybridized carbons (Fsp3) is 0.429. The zero-order valence-electron chi connectivity index (χ0n) is 6.38. The molecule has 0 spiro atoms. The topological polar surface area (TPSA) is 34.9 Å². The van der Waals surface area contributed by atoms with E-state index < -0.39 is 0 Å². The molecule has 0 amide bonds. The molecule has 0 aliphatic carbocycles.